The van der Waals surface area contributed by atoms with Crippen molar-refractivity contribution in [3.63, 3.8) is 0 Å². The van der Waals surface area contributed by atoms with Crippen LogP contribution in [0, 0.1) is 10.1 Å². The van der Waals surface area contributed by atoms with Gasteiger partial charge in [0.15, 0.2) is 0 Å². The Hall–Kier alpha value is -1.56. The van der Waals surface area contributed by atoms with Crippen LogP contribution in [0.1, 0.15) is 18.9 Å². The molecule has 1 aromatic rings. The summed E-state index contributed by atoms with van der Waals surface area (Å²) in [5, 5.41) is 10.6. The van der Waals surface area contributed by atoms with Crippen LogP contribution in [0.3, 0.4) is 0 Å². The number of carbonyl (C=O) groups excluding carboxylic acids is 1. The Labute approximate surface area is 110 Å². The van der Waals surface area contributed by atoms with Crippen molar-refractivity contribution in [2.75, 3.05) is 7.11 Å². The molecule has 1 rings (SSSR count). The molecule has 0 amide bonds. The zero-order valence-electron chi connectivity index (χ0n) is 10.3. The van der Waals surface area contributed by atoms with Crippen LogP contribution < -0.4 is 0 Å². The van der Waals surface area contributed by atoms with E-state index in [4.69, 9.17) is 0 Å². The van der Waals surface area contributed by atoms with Gasteiger partial charge in [-0.25, -0.2) is 0 Å². The summed E-state index contributed by atoms with van der Waals surface area (Å²) in [5.74, 6) is 0.495. The molecule has 0 heterocycles. The Morgan fingerprint density at radius 2 is 2.06 bits per heavy atom. The van der Waals surface area contributed by atoms with Gasteiger partial charge in [-0.05, 0) is 5.56 Å². The molecule has 0 aliphatic heterocycles. The van der Waals surface area contributed by atoms with Gasteiger partial charge < -0.3 is 4.74 Å². The zero-order chi connectivity index (χ0) is 13.5. The lowest BCUT2D eigenvalue weighted by Crippen LogP contribution is -2.08. The van der Waals surface area contributed by atoms with E-state index >= 15 is 0 Å². The lowest BCUT2D eigenvalue weighted by molar-refractivity contribution is -0.384. The Balaban J connectivity index is 2.43. The molecule has 18 heavy (non-hydrogen) atoms. The van der Waals surface area contributed by atoms with Crippen LogP contribution in [-0.2, 0) is 15.3 Å². The number of hydrogen-bond acceptors (Lipinski definition) is 5. The second kappa shape index (κ2) is 7.00. The van der Waals surface area contributed by atoms with E-state index in [0.717, 1.165) is 11.3 Å². The van der Waals surface area contributed by atoms with Crippen molar-refractivity contribution in [3.05, 3.63) is 39.9 Å². The highest BCUT2D eigenvalue weighted by Crippen LogP contribution is 2.21. The van der Waals surface area contributed by atoms with Crippen LogP contribution in [0.5, 0.6) is 0 Å². The smallest absolute Gasteiger partial charge is 0.306 e. The van der Waals surface area contributed by atoms with E-state index in [2.05, 4.69) is 4.74 Å². The van der Waals surface area contributed by atoms with Gasteiger partial charge in [0.1, 0.15) is 0 Å². The largest absolute Gasteiger partial charge is 0.469 e. The lowest BCUT2D eigenvalue weighted by atomic mass is 10.2. The molecule has 0 unspecified atom stereocenters. The number of hydrogen-bond donors (Lipinski definition) is 0. The second-order valence-corrected chi connectivity index (χ2v) is 5.25. The highest BCUT2D eigenvalue weighted by molar-refractivity contribution is 7.99. The highest BCUT2D eigenvalue weighted by atomic mass is 32.2. The molecular weight excluding hydrogens is 254 g/mol. The zero-order valence-corrected chi connectivity index (χ0v) is 11.1. The molecule has 5 nitrogen and oxygen atoms in total. The second-order valence-electron chi connectivity index (χ2n) is 3.83. The molecule has 0 fully saturated rings. The van der Waals surface area contributed by atoms with E-state index in [-0.39, 0.29) is 16.9 Å². The third kappa shape index (κ3) is 4.75. The number of nitro groups is 1. The maximum Gasteiger partial charge on any atom is 0.306 e. The molecular formula is C12H15NO4S. The lowest BCUT2D eigenvalue weighted by Gasteiger charge is -2.09. The number of carbonyl (C=O) groups is 1. The molecule has 0 aliphatic rings. The number of nitro benzene ring substituents is 1. The number of methoxy groups -OCH3 is 1. The first-order chi connectivity index (χ1) is 8.52. The van der Waals surface area contributed by atoms with Gasteiger partial charge in [-0.3, -0.25) is 14.9 Å². The summed E-state index contributed by atoms with van der Waals surface area (Å²) in [6, 6.07) is 6.44. The molecule has 98 valence electrons. The van der Waals surface area contributed by atoms with E-state index < -0.39 is 4.92 Å². The third-order valence-electron chi connectivity index (χ3n) is 2.36. The van der Waals surface area contributed by atoms with E-state index in [9.17, 15) is 14.9 Å². The van der Waals surface area contributed by atoms with Crippen molar-refractivity contribution in [1.82, 2.24) is 0 Å². The van der Waals surface area contributed by atoms with Crippen molar-refractivity contribution in [3.8, 4) is 0 Å². The SMILES string of the molecule is COC(=O)C[C@H](C)SCc1ccc([N+](=O)[O-])cc1. The quantitative estimate of drug-likeness (QED) is 0.451. The Morgan fingerprint density at radius 1 is 1.44 bits per heavy atom. The molecule has 0 aliphatic carbocycles. The first-order valence-corrected chi connectivity index (χ1v) is 6.49. The first-order valence-electron chi connectivity index (χ1n) is 5.44. The molecule has 0 saturated carbocycles. The van der Waals surface area contributed by atoms with Crippen molar-refractivity contribution in [1.29, 1.82) is 0 Å². The fraction of sp³-hybridized carbons (Fsp3) is 0.417. The minimum Gasteiger partial charge on any atom is -0.469 e. The van der Waals surface area contributed by atoms with Gasteiger partial charge in [0, 0.05) is 23.1 Å². The van der Waals surface area contributed by atoms with E-state index in [1.54, 1.807) is 23.9 Å². The van der Waals surface area contributed by atoms with E-state index in [0.29, 0.717) is 6.42 Å². The van der Waals surface area contributed by atoms with Gasteiger partial charge in [-0.2, -0.15) is 11.8 Å². The fourth-order valence-corrected chi connectivity index (χ4v) is 2.25. The minimum absolute atomic E-state index is 0.0892. The molecule has 6 heteroatoms. The third-order valence-corrected chi connectivity index (χ3v) is 3.60. The molecule has 0 radical (unpaired) electrons. The molecule has 0 aromatic heterocycles. The topological polar surface area (TPSA) is 69.4 Å². The molecule has 0 N–H and O–H groups in total. The van der Waals surface area contributed by atoms with Crippen molar-refractivity contribution in [2.45, 2.75) is 24.3 Å². The summed E-state index contributed by atoms with van der Waals surface area (Å²) in [6.07, 6.45) is 0.369. The summed E-state index contributed by atoms with van der Waals surface area (Å²) in [7, 11) is 1.37. The fourth-order valence-electron chi connectivity index (χ4n) is 1.33. The number of esters is 1. The normalized spacial score (nSPS) is 11.9. The number of non-ortho nitro benzene ring substituents is 1. The van der Waals surface area contributed by atoms with E-state index in [1.807, 2.05) is 6.92 Å². The number of rotatable bonds is 6. The van der Waals surface area contributed by atoms with Gasteiger partial charge in [-0.15, -0.1) is 0 Å². The highest BCUT2D eigenvalue weighted by Gasteiger charge is 2.10. The predicted molar refractivity (Wildman–Crippen MR) is 70.5 cm³/mol. The van der Waals surface area contributed by atoms with Crippen LogP contribution in [0.25, 0.3) is 0 Å². The van der Waals surface area contributed by atoms with Crippen LogP contribution >= 0.6 is 11.8 Å². The average Bonchev–Trinajstić information content (AvgIpc) is 2.36. The number of benzene rings is 1. The Kier molecular flexibility index (Phi) is 5.64. The summed E-state index contributed by atoms with van der Waals surface area (Å²) in [6.45, 7) is 1.95. The summed E-state index contributed by atoms with van der Waals surface area (Å²) in [5.41, 5.74) is 1.09. The molecule has 1 atom stereocenters. The van der Waals surface area contributed by atoms with Crippen LogP contribution in [0.4, 0.5) is 5.69 Å². The van der Waals surface area contributed by atoms with E-state index in [1.165, 1.54) is 19.2 Å². The van der Waals surface area contributed by atoms with Crippen LogP contribution in [-0.4, -0.2) is 23.3 Å². The number of thioether (sulfide) groups is 1. The van der Waals surface area contributed by atoms with Crippen LogP contribution in [0.2, 0.25) is 0 Å². The summed E-state index contributed by atoms with van der Waals surface area (Å²) in [4.78, 5) is 21.1. The minimum atomic E-state index is -0.420. The van der Waals surface area contributed by atoms with Gasteiger partial charge in [0.2, 0.25) is 0 Å². The Morgan fingerprint density at radius 3 is 2.56 bits per heavy atom. The van der Waals surface area contributed by atoms with Gasteiger partial charge in [0.25, 0.3) is 5.69 Å². The predicted octanol–water partition coefficient (Wildman–Crippen LogP) is 2.78. The van der Waals surface area contributed by atoms with Crippen molar-refractivity contribution < 1.29 is 14.5 Å². The van der Waals surface area contributed by atoms with Gasteiger partial charge in [-0.1, -0.05) is 19.1 Å². The van der Waals surface area contributed by atoms with Crippen LogP contribution in [0.15, 0.2) is 24.3 Å². The molecule has 0 spiro atoms. The van der Waals surface area contributed by atoms with Gasteiger partial charge >= 0.3 is 5.97 Å². The number of nitrogens with zero attached hydrogens (tertiary/aromatic N) is 1. The van der Waals surface area contributed by atoms with Crippen molar-refractivity contribution >= 4 is 23.4 Å². The standard InChI is InChI=1S/C12H15NO4S/c1-9(7-12(14)17-2)18-8-10-3-5-11(6-4-10)13(15)16/h3-6,9H,7-8H2,1-2H3/t9-/m0/s1. The summed E-state index contributed by atoms with van der Waals surface area (Å²) >= 11 is 1.62. The maximum atomic E-state index is 11.0. The molecule has 1 aromatic carbocycles. The number of ether oxygens (including phenoxy) is 1. The summed E-state index contributed by atoms with van der Waals surface area (Å²) < 4.78 is 4.59. The first kappa shape index (κ1) is 14.5. The monoisotopic (exact) mass is 269 g/mol. The molecule has 0 saturated heterocycles. The average molecular weight is 269 g/mol. The van der Waals surface area contributed by atoms with Crippen molar-refractivity contribution in [2.24, 2.45) is 0 Å². The molecule has 0 bridgehead atoms. The maximum absolute atomic E-state index is 11.0. The Bertz CT molecular complexity index is 419. The van der Waals surface area contributed by atoms with Gasteiger partial charge in [0.05, 0.1) is 18.5 Å².